The molecule has 1 aromatic heterocycles. The van der Waals surface area contributed by atoms with Gasteiger partial charge in [-0.25, -0.2) is 18.2 Å². The third-order valence-corrected chi connectivity index (χ3v) is 11.0. The average Bonchev–Trinajstić information content (AvgIpc) is 3.61. The molecule has 2 N–H and O–H groups in total. The maximum atomic E-state index is 14.1. The van der Waals surface area contributed by atoms with Crippen LogP contribution in [0.3, 0.4) is 0 Å². The number of carbonyl (C=O) groups excluding carboxylic acids is 3. The van der Waals surface area contributed by atoms with Crippen LogP contribution in [0, 0.1) is 18.8 Å². The number of aliphatic hydroxyl groups is 1. The molecule has 1 aliphatic heterocycles. The average molecular weight is 698 g/mol. The van der Waals surface area contributed by atoms with E-state index in [4.69, 9.17) is 0 Å². The maximum absolute atomic E-state index is 14.1. The number of hydrogen-bond acceptors (Lipinski definition) is 8. The number of thiazole rings is 1. The molecule has 1 fully saturated rings. The zero-order valence-corrected chi connectivity index (χ0v) is 30.1. The summed E-state index contributed by atoms with van der Waals surface area (Å²) in [7, 11) is -4.12. The van der Waals surface area contributed by atoms with Crippen LogP contribution in [0.4, 0.5) is 4.79 Å². The molecule has 0 bridgehead atoms. The second kappa shape index (κ2) is 16.2. The van der Waals surface area contributed by atoms with Crippen molar-refractivity contribution in [1.82, 2.24) is 24.4 Å². The number of aryl methyl sites for hydroxylation is 1. The number of carbonyl (C=O) groups is 3. The number of hydrogen-bond donors (Lipinski definition) is 2. The number of amides is 3. The number of aliphatic hydroxyl groups excluding tert-OH is 1. The number of nitrogens with one attached hydrogen (secondary N) is 1. The highest BCUT2D eigenvalue weighted by molar-refractivity contribution is 7.89. The Labute approximate surface area is 288 Å². The first kappa shape index (κ1) is 37.2. The molecule has 2 heterocycles. The fourth-order valence-corrected chi connectivity index (χ4v) is 8.22. The molecule has 48 heavy (non-hydrogen) atoms. The van der Waals surface area contributed by atoms with E-state index in [-0.39, 0.29) is 53.6 Å². The molecular weight excluding hydrogens is 651 g/mol. The number of benzene rings is 2. The van der Waals surface area contributed by atoms with Crippen molar-refractivity contribution in [3.63, 3.8) is 0 Å². The number of rotatable bonds is 16. The Kier molecular flexibility index (Phi) is 12.5. The van der Waals surface area contributed by atoms with Crippen molar-refractivity contribution >= 4 is 39.1 Å². The molecule has 3 aromatic rings. The van der Waals surface area contributed by atoms with E-state index in [9.17, 15) is 27.9 Å². The first-order valence-electron chi connectivity index (χ1n) is 16.3. The Balaban J connectivity index is 1.58. The standard InChI is InChI=1S/C35H47N5O6S2/c1-23(2)19-39(48(45,46)30-14-10-13-28(18-30)25(5)41)21-32(42)31(17-27-11-8-7-9-12-27)37-34(43)33(24(3)4)40-16-15-38(35(40)44)20-29-22-47-26(6)36-29/h7-14,18,22-24,31-33,42H,15-17,19-21H2,1-6H3,(H,37,43)/t31-,32+,33-/m0/s1. The lowest BCUT2D eigenvalue weighted by Crippen LogP contribution is -2.57. The van der Waals surface area contributed by atoms with E-state index in [0.717, 1.165) is 16.3 Å². The Morgan fingerprint density at radius 1 is 1.04 bits per heavy atom. The Morgan fingerprint density at radius 2 is 1.75 bits per heavy atom. The van der Waals surface area contributed by atoms with Gasteiger partial charge in [-0.3, -0.25) is 9.59 Å². The molecule has 13 heteroatoms. The predicted molar refractivity (Wildman–Crippen MR) is 186 cm³/mol. The monoisotopic (exact) mass is 697 g/mol. The van der Waals surface area contributed by atoms with Gasteiger partial charge in [-0.15, -0.1) is 11.3 Å². The van der Waals surface area contributed by atoms with Crippen molar-refractivity contribution in [3.8, 4) is 0 Å². The maximum Gasteiger partial charge on any atom is 0.321 e. The summed E-state index contributed by atoms with van der Waals surface area (Å²) in [4.78, 5) is 47.3. The summed E-state index contributed by atoms with van der Waals surface area (Å²) < 4.78 is 29.0. The van der Waals surface area contributed by atoms with Crippen molar-refractivity contribution in [3.05, 3.63) is 81.8 Å². The molecule has 0 spiro atoms. The molecule has 260 valence electrons. The van der Waals surface area contributed by atoms with E-state index < -0.39 is 34.1 Å². The topological polar surface area (TPSA) is 140 Å². The molecule has 4 rings (SSSR count). The van der Waals surface area contributed by atoms with Crippen LogP contribution in [0.2, 0.25) is 0 Å². The Bertz CT molecular complexity index is 1680. The third-order valence-electron chi connectivity index (χ3n) is 8.31. The molecule has 3 amide bonds. The van der Waals surface area contributed by atoms with Gasteiger partial charge < -0.3 is 20.2 Å². The number of nitrogens with zero attached hydrogens (tertiary/aromatic N) is 4. The largest absolute Gasteiger partial charge is 0.390 e. The summed E-state index contributed by atoms with van der Waals surface area (Å²) in [5, 5.41) is 17.6. The van der Waals surface area contributed by atoms with Crippen molar-refractivity contribution in [2.75, 3.05) is 26.2 Å². The zero-order valence-electron chi connectivity index (χ0n) is 28.5. The quantitative estimate of drug-likeness (QED) is 0.212. The van der Waals surface area contributed by atoms with E-state index >= 15 is 0 Å². The highest BCUT2D eigenvalue weighted by Gasteiger charge is 2.40. The molecule has 11 nitrogen and oxygen atoms in total. The minimum atomic E-state index is -4.12. The second-order valence-electron chi connectivity index (χ2n) is 13.1. The molecular formula is C35H47N5O6S2. The number of urea groups is 1. The Morgan fingerprint density at radius 3 is 2.35 bits per heavy atom. The highest BCUT2D eigenvalue weighted by Crippen LogP contribution is 2.23. The van der Waals surface area contributed by atoms with Gasteiger partial charge in [-0.2, -0.15) is 4.31 Å². The van der Waals surface area contributed by atoms with Crippen LogP contribution in [0.5, 0.6) is 0 Å². The molecule has 1 saturated heterocycles. The van der Waals surface area contributed by atoms with E-state index in [1.54, 1.807) is 15.9 Å². The third kappa shape index (κ3) is 9.28. The fourth-order valence-electron chi connectivity index (χ4n) is 5.94. The van der Waals surface area contributed by atoms with Gasteiger partial charge >= 0.3 is 6.03 Å². The normalized spacial score (nSPS) is 15.8. The number of aromatic nitrogens is 1. The van der Waals surface area contributed by atoms with E-state index in [0.29, 0.717) is 19.6 Å². The summed E-state index contributed by atoms with van der Waals surface area (Å²) in [5.41, 5.74) is 1.92. The van der Waals surface area contributed by atoms with Gasteiger partial charge in [-0.05, 0) is 49.8 Å². The van der Waals surface area contributed by atoms with Crippen molar-refractivity contribution < 1.29 is 27.9 Å². The highest BCUT2D eigenvalue weighted by atomic mass is 32.2. The molecule has 0 radical (unpaired) electrons. The molecule has 0 unspecified atom stereocenters. The number of sulfonamides is 1. The summed E-state index contributed by atoms with van der Waals surface area (Å²) in [5.74, 6) is -0.994. The zero-order chi connectivity index (χ0) is 35.2. The lowest BCUT2D eigenvalue weighted by atomic mass is 9.97. The van der Waals surface area contributed by atoms with Crippen LogP contribution >= 0.6 is 11.3 Å². The first-order chi connectivity index (χ1) is 22.7. The van der Waals surface area contributed by atoms with Gasteiger partial charge in [-0.1, -0.05) is 70.2 Å². The summed E-state index contributed by atoms with van der Waals surface area (Å²) in [6, 6.07) is 13.3. The number of Topliss-reactive ketones (excluding diaryl/α,β-unsaturated/α-hetero) is 1. The van der Waals surface area contributed by atoms with Crippen LogP contribution in [-0.2, 0) is 27.8 Å². The van der Waals surface area contributed by atoms with Gasteiger partial charge in [0.05, 0.1) is 34.3 Å². The predicted octanol–water partition coefficient (Wildman–Crippen LogP) is 4.35. The smallest absolute Gasteiger partial charge is 0.321 e. The van der Waals surface area contributed by atoms with Crippen molar-refractivity contribution in [1.29, 1.82) is 0 Å². The van der Waals surface area contributed by atoms with E-state index in [1.807, 2.05) is 70.3 Å². The van der Waals surface area contributed by atoms with Gasteiger partial charge in [0.15, 0.2) is 5.78 Å². The minimum Gasteiger partial charge on any atom is -0.390 e. The molecule has 1 aliphatic rings. The van der Waals surface area contributed by atoms with Crippen LogP contribution in [0.1, 0.15) is 61.2 Å². The summed E-state index contributed by atoms with van der Waals surface area (Å²) >= 11 is 1.52. The molecule has 3 atom stereocenters. The van der Waals surface area contributed by atoms with Gasteiger partial charge in [0.1, 0.15) is 6.04 Å². The molecule has 2 aromatic carbocycles. The van der Waals surface area contributed by atoms with Gasteiger partial charge in [0.25, 0.3) is 0 Å². The van der Waals surface area contributed by atoms with Crippen LogP contribution in [0.25, 0.3) is 0 Å². The molecule has 0 saturated carbocycles. The number of ketones is 1. The Hall–Kier alpha value is -3.65. The second-order valence-corrected chi connectivity index (χ2v) is 16.1. The lowest BCUT2D eigenvalue weighted by Gasteiger charge is -2.34. The molecule has 0 aliphatic carbocycles. The van der Waals surface area contributed by atoms with Crippen LogP contribution in [-0.4, -0.2) is 94.7 Å². The van der Waals surface area contributed by atoms with E-state index in [1.165, 1.54) is 40.8 Å². The minimum absolute atomic E-state index is 0.0449. The van der Waals surface area contributed by atoms with E-state index in [2.05, 4.69) is 10.3 Å². The SMILES string of the molecule is CC(=O)c1cccc(S(=O)(=O)N(CC(C)C)C[C@@H](O)[C@H](Cc2ccccc2)NC(=O)[C@H](C(C)C)N2CCN(Cc3csc(C)n3)C2=O)c1. The summed E-state index contributed by atoms with van der Waals surface area (Å²) in [6.07, 6.45) is -1.07. The van der Waals surface area contributed by atoms with Gasteiger partial charge in [0.2, 0.25) is 15.9 Å². The fraction of sp³-hybridized carbons (Fsp3) is 0.486. The van der Waals surface area contributed by atoms with Crippen molar-refractivity contribution in [2.45, 2.75) is 77.6 Å². The van der Waals surface area contributed by atoms with Crippen LogP contribution < -0.4 is 5.32 Å². The first-order valence-corrected chi connectivity index (χ1v) is 18.6. The van der Waals surface area contributed by atoms with Crippen molar-refractivity contribution in [2.24, 2.45) is 11.8 Å². The van der Waals surface area contributed by atoms with Crippen LogP contribution in [0.15, 0.2) is 64.9 Å². The summed E-state index contributed by atoms with van der Waals surface area (Å²) in [6.45, 7) is 11.8. The lowest BCUT2D eigenvalue weighted by molar-refractivity contribution is -0.128. The van der Waals surface area contributed by atoms with Gasteiger partial charge in [0, 0.05) is 37.1 Å².